The first-order valence-corrected chi connectivity index (χ1v) is 9.28. The molecule has 23 heavy (non-hydrogen) atoms. The number of carbonyl (C=O) groups is 2. The van der Waals surface area contributed by atoms with Gasteiger partial charge in [0.25, 0.3) is 0 Å². The maximum Gasteiger partial charge on any atom is 0.313 e. The summed E-state index contributed by atoms with van der Waals surface area (Å²) in [4.78, 5) is 23.5. The smallest absolute Gasteiger partial charge is 0.313 e. The Bertz CT molecular complexity index is 492. The van der Waals surface area contributed by atoms with Gasteiger partial charge in [0.05, 0.1) is 5.69 Å². The van der Waals surface area contributed by atoms with Crippen molar-refractivity contribution in [2.75, 3.05) is 11.9 Å². The fourth-order valence-electron chi connectivity index (χ4n) is 2.28. The minimum absolute atomic E-state index is 0.553. The highest BCUT2D eigenvalue weighted by atomic mass is 79.9. The summed E-state index contributed by atoms with van der Waals surface area (Å²) in [5, 5.41) is 5.26. The number of anilines is 1. The van der Waals surface area contributed by atoms with E-state index in [-0.39, 0.29) is 0 Å². The zero-order chi connectivity index (χ0) is 16.9. The number of para-hydroxylation sites is 1. The molecule has 0 fully saturated rings. The van der Waals surface area contributed by atoms with Crippen molar-refractivity contribution < 1.29 is 9.59 Å². The molecule has 2 amide bonds. The van der Waals surface area contributed by atoms with Crippen LogP contribution in [0.4, 0.5) is 5.69 Å². The lowest BCUT2D eigenvalue weighted by Gasteiger charge is -2.08. The van der Waals surface area contributed by atoms with Crippen LogP contribution in [-0.4, -0.2) is 18.4 Å². The number of halogens is 1. The predicted octanol–water partition coefficient (Wildman–Crippen LogP) is 4.64. The van der Waals surface area contributed by atoms with Gasteiger partial charge in [-0.25, -0.2) is 0 Å². The Morgan fingerprint density at radius 3 is 2.17 bits per heavy atom. The van der Waals surface area contributed by atoms with Gasteiger partial charge < -0.3 is 10.6 Å². The summed E-state index contributed by atoms with van der Waals surface area (Å²) in [5.41, 5.74) is 0.597. The van der Waals surface area contributed by atoms with Crippen LogP contribution in [0.25, 0.3) is 0 Å². The van der Waals surface area contributed by atoms with Crippen molar-refractivity contribution in [3.63, 3.8) is 0 Å². The Labute approximate surface area is 147 Å². The second-order valence-corrected chi connectivity index (χ2v) is 6.52. The van der Waals surface area contributed by atoms with E-state index in [2.05, 4.69) is 33.5 Å². The first kappa shape index (κ1) is 19.7. The molecule has 0 spiro atoms. The molecule has 0 aliphatic carbocycles. The number of nitrogens with one attached hydrogen (secondary N) is 2. The molecule has 1 aromatic rings. The Hall–Kier alpha value is -1.36. The van der Waals surface area contributed by atoms with Crippen LogP contribution < -0.4 is 10.6 Å². The van der Waals surface area contributed by atoms with Crippen LogP contribution in [0.15, 0.2) is 28.7 Å². The molecule has 0 aromatic heterocycles. The monoisotopic (exact) mass is 382 g/mol. The van der Waals surface area contributed by atoms with Gasteiger partial charge in [-0.3, -0.25) is 9.59 Å². The van der Waals surface area contributed by atoms with Gasteiger partial charge in [0, 0.05) is 11.0 Å². The first-order valence-electron chi connectivity index (χ1n) is 8.49. The van der Waals surface area contributed by atoms with E-state index in [4.69, 9.17) is 0 Å². The molecule has 0 aliphatic heterocycles. The van der Waals surface area contributed by atoms with E-state index in [1.54, 1.807) is 12.1 Å². The van der Waals surface area contributed by atoms with Gasteiger partial charge in [-0.1, -0.05) is 64.0 Å². The van der Waals surface area contributed by atoms with E-state index < -0.39 is 11.8 Å². The van der Waals surface area contributed by atoms with E-state index in [1.165, 1.54) is 38.5 Å². The lowest BCUT2D eigenvalue weighted by atomic mass is 10.1. The van der Waals surface area contributed by atoms with Crippen molar-refractivity contribution in [3.05, 3.63) is 28.7 Å². The zero-order valence-electron chi connectivity index (χ0n) is 13.9. The molecule has 1 aromatic carbocycles. The molecule has 0 saturated carbocycles. The molecule has 2 N–H and O–H groups in total. The standard InChI is InChI=1S/C18H27BrN2O2/c1-2-3-4-5-6-7-8-11-14-20-17(22)18(23)21-16-13-10-9-12-15(16)19/h9-10,12-13H,2-8,11,14H2,1H3,(H,20,22)(H,21,23). The highest BCUT2D eigenvalue weighted by molar-refractivity contribution is 9.10. The van der Waals surface area contributed by atoms with Crippen LogP contribution in [0.2, 0.25) is 0 Å². The summed E-state index contributed by atoms with van der Waals surface area (Å²) < 4.78 is 0.754. The van der Waals surface area contributed by atoms with Gasteiger partial charge in [0.15, 0.2) is 0 Å². The van der Waals surface area contributed by atoms with Crippen LogP contribution in [-0.2, 0) is 9.59 Å². The van der Waals surface area contributed by atoms with Crippen molar-refractivity contribution in [1.82, 2.24) is 5.32 Å². The number of hydrogen-bond acceptors (Lipinski definition) is 2. The molecule has 4 nitrogen and oxygen atoms in total. The van der Waals surface area contributed by atoms with Crippen molar-refractivity contribution >= 4 is 33.4 Å². The van der Waals surface area contributed by atoms with E-state index in [9.17, 15) is 9.59 Å². The van der Waals surface area contributed by atoms with Crippen molar-refractivity contribution in [2.45, 2.75) is 58.3 Å². The number of rotatable bonds is 10. The number of hydrogen-bond donors (Lipinski definition) is 2. The van der Waals surface area contributed by atoms with E-state index >= 15 is 0 Å². The molecule has 5 heteroatoms. The SMILES string of the molecule is CCCCCCCCCCNC(=O)C(=O)Nc1ccccc1Br. The van der Waals surface area contributed by atoms with Crippen LogP contribution >= 0.6 is 15.9 Å². The van der Waals surface area contributed by atoms with Gasteiger partial charge >= 0.3 is 11.8 Å². The summed E-state index contributed by atoms with van der Waals surface area (Å²) in [6, 6.07) is 7.21. The second kappa shape index (κ2) is 12.1. The van der Waals surface area contributed by atoms with Crippen LogP contribution in [0, 0.1) is 0 Å². The largest absolute Gasteiger partial charge is 0.348 e. The molecule has 0 radical (unpaired) electrons. The number of unbranched alkanes of at least 4 members (excludes halogenated alkanes) is 7. The maximum atomic E-state index is 11.8. The Morgan fingerprint density at radius 2 is 1.52 bits per heavy atom. The Kier molecular flexibility index (Phi) is 10.4. The topological polar surface area (TPSA) is 58.2 Å². The minimum atomic E-state index is -0.628. The third-order valence-electron chi connectivity index (χ3n) is 3.64. The van der Waals surface area contributed by atoms with E-state index in [0.29, 0.717) is 12.2 Å². The van der Waals surface area contributed by atoms with Gasteiger partial charge in [-0.2, -0.15) is 0 Å². The Balaban J connectivity index is 2.10. The third-order valence-corrected chi connectivity index (χ3v) is 4.34. The van der Waals surface area contributed by atoms with Crippen molar-refractivity contribution in [3.8, 4) is 0 Å². The fourth-order valence-corrected chi connectivity index (χ4v) is 2.67. The molecular formula is C18H27BrN2O2. The van der Waals surface area contributed by atoms with Gasteiger partial charge in [-0.15, -0.1) is 0 Å². The molecule has 128 valence electrons. The van der Waals surface area contributed by atoms with E-state index in [0.717, 1.165) is 17.3 Å². The van der Waals surface area contributed by atoms with Gasteiger partial charge in [0.1, 0.15) is 0 Å². The molecule has 0 unspecified atom stereocenters. The van der Waals surface area contributed by atoms with Crippen molar-refractivity contribution in [1.29, 1.82) is 0 Å². The molecule has 0 heterocycles. The zero-order valence-corrected chi connectivity index (χ0v) is 15.5. The van der Waals surface area contributed by atoms with Gasteiger partial charge in [0.2, 0.25) is 0 Å². The highest BCUT2D eigenvalue weighted by Crippen LogP contribution is 2.20. The lowest BCUT2D eigenvalue weighted by Crippen LogP contribution is -2.35. The normalized spacial score (nSPS) is 10.3. The molecule has 0 saturated heterocycles. The molecular weight excluding hydrogens is 356 g/mol. The molecule has 0 aliphatic rings. The van der Waals surface area contributed by atoms with Crippen molar-refractivity contribution in [2.24, 2.45) is 0 Å². The Morgan fingerprint density at radius 1 is 0.913 bits per heavy atom. The third kappa shape index (κ3) is 8.74. The van der Waals surface area contributed by atoms with Crippen LogP contribution in [0.3, 0.4) is 0 Å². The fraction of sp³-hybridized carbons (Fsp3) is 0.556. The summed E-state index contributed by atoms with van der Waals surface area (Å²) >= 11 is 3.33. The molecule has 0 atom stereocenters. The minimum Gasteiger partial charge on any atom is -0.348 e. The number of benzene rings is 1. The van der Waals surface area contributed by atoms with Gasteiger partial charge in [-0.05, 0) is 34.5 Å². The van der Waals surface area contributed by atoms with Crippen LogP contribution in [0.1, 0.15) is 58.3 Å². The average molecular weight is 383 g/mol. The summed E-state index contributed by atoms with van der Waals surface area (Å²) in [5.74, 6) is -1.21. The average Bonchev–Trinajstić information content (AvgIpc) is 2.55. The lowest BCUT2D eigenvalue weighted by molar-refractivity contribution is -0.136. The summed E-state index contributed by atoms with van der Waals surface area (Å²) in [6.45, 7) is 2.77. The number of carbonyl (C=O) groups excluding carboxylic acids is 2. The maximum absolute atomic E-state index is 11.8. The molecule has 0 bridgehead atoms. The highest BCUT2D eigenvalue weighted by Gasteiger charge is 2.13. The number of amides is 2. The van der Waals surface area contributed by atoms with E-state index in [1.807, 2.05) is 12.1 Å². The summed E-state index contributed by atoms with van der Waals surface area (Å²) in [7, 11) is 0. The predicted molar refractivity (Wildman–Crippen MR) is 98.4 cm³/mol. The van der Waals surface area contributed by atoms with Crippen LogP contribution in [0.5, 0.6) is 0 Å². The first-order chi connectivity index (χ1) is 11.1. The summed E-state index contributed by atoms with van der Waals surface area (Å²) in [6.07, 6.45) is 9.69. The molecule has 1 rings (SSSR count). The second-order valence-electron chi connectivity index (χ2n) is 5.66. The quantitative estimate of drug-likeness (QED) is 0.457.